The average molecular weight is 264 g/mol. The van der Waals surface area contributed by atoms with Gasteiger partial charge in [-0.25, -0.2) is 22.0 Å². The summed E-state index contributed by atoms with van der Waals surface area (Å²) >= 11 is 0.740. The predicted molar refractivity (Wildman–Crippen MR) is 52.8 cm³/mol. The van der Waals surface area contributed by atoms with Crippen molar-refractivity contribution < 1.29 is 26.7 Å². The third-order valence-corrected chi connectivity index (χ3v) is 2.86. The third kappa shape index (κ3) is 6.30. The SMILES string of the molecule is CCC(=O)SCCC(F)C(F)(F)CC(F)F. The molecule has 0 aliphatic carbocycles. The van der Waals surface area contributed by atoms with Gasteiger partial charge in [-0.15, -0.1) is 0 Å². The summed E-state index contributed by atoms with van der Waals surface area (Å²) in [5.74, 6) is -4.14. The van der Waals surface area contributed by atoms with Gasteiger partial charge in [0.15, 0.2) is 11.3 Å². The normalized spacial score (nSPS) is 14.2. The van der Waals surface area contributed by atoms with Gasteiger partial charge < -0.3 is 0 Å². The van der Waals surface area contributed by atoms with Crippen LogP contribution in [0.15, 0.2) is 0 Å². The molecule has 0 fully saturated rings. The number of rotatable bonds is 7. The van der Waals surface area contributed by atoms with Crippen molar-refractivity contribution >= 4 is 16.9 Å². The number of thioether (sulfide) groups is 1. The van der Waals surface area contributed by atoms with Gasteiger partial charge in [-0.1, -0.05) is 18.7 Å². The molecule has 0 N–H and O–H groups in total. The zero-order valence-corrected chi connectivity index (χ0v) is 9.51. The minimum Gasteiger partial charge on any atom is -0.287 e. The first-order chi connectivity index (χ1) is 7.29. The van der Waals surface area contributed by atoms with Gasteiger partial charge in [0.05, 0.1) is 6.42 Å². The van der Waals surface area contributed by atoms with Crippen LogP contribution >= 0.6 is 11.8 Å². The fourth-order valence-corrected chi connectivity index (χ4v) is 1.68. The number of carbonyl (C=O) groups excluding carboxylic acids is 1. The number of alkyl halides is 5. The van der Waals surface area contributed by atoms with Crippen molar-refractivity contribution in [2.75, 3.05) is 5.75 Å². The first-order valence-corrected chi connectivity index (χ1v) is 5.73. The maximum absolute atomic E-state index is 12.9. The lowest BCUT2D eigenvalue weighted by molar-refractivity contribution is -0.111. The standard InChI is InChI=1S/C9H13F5OS/c1-2-8(15)16-4-3-6(10)9(13,14)5-7(11)12/h6-7H,2-5H2,1H3. The molecule has 0 radical (unpaired) electrons. The summed E-state index contributed by atoms with van der Waals surface area (Å²) in [5, 5.41) is -0.232. The lowest BCUT2D eigenvalue weighted by Gasteiger charge is -2.19. The van der Waals surface area contributed by atoms with Gasteiger partial charge in [0.2, 0.25) is 6.43 Å². The predicted octanol–water partition coefficient (Wildman–Crippen LogP) is 3.67. The van der Waals surface area contributed by atoms with E-state index in [1.54, 1.807) is 6.92 Å². The smallest absolute Gasteiger partial charge is 0.284 e. The summed E-state index contributed by atoms with van der Waals surface area (Å²) in [4.78, 5) is 10.8. The van der Waals surface area contributed by atoms with Crippen molar-refractivity contribution in [1.82, 2.24) is 0 Å². The minimum atomic E-state index is -4.02. The van der Waals surface area contributed by atoms with Gasteiger partial charge >= 0.3 is 0 Å². The van der Waals surface area contributed by atoms with Gasteiger partial charge in [-0.3, -0.25) is 4.79 Å². The van der Waals surface area contributed by atoms with Crippen LogP contribution in [0, 0.1) is 0 Å². The fraction of sp³-hybridized carbons (Fsp3) is 0.889. The summed E-state index contributed by atoms with van der Waals surface area (Å²) in [6, 6.07) is 0. The van der Waals surface area contributed by atoms with Crippen LogP contribution in [0.5, 0.6) is 0 Å². The molecular weight excluding hydrogens is 251 g/mol. The molecule has 1 unspecified atom stereocenters. The first-order valence-electron chi connectivity index (χ1n) is 4.75. The molecule has 0 heterocycles. The van der Waals surface area contributed by atoms with Crippen LogP contribution in [-0.4, -0.2) is 29.4 Å². The highest BCUT2D eigenvalue weighted by Gasteiger charge is 2.42. The van der Waals surface area contributed by atoms with Gasteiger partial charge in [-0.2, -0.15) is 0 Å². The number of hydrogen-bond donors (Lipinski definition) is 0. The van der Waals surface area contributed by atoms with Crippen LogP contribution in [0.3, 0.4) is 0 Å². The van der Waals surface area contributed by atoms with Crippen LogP contribution in [0.1, 0.15) is 26.2 Å². The van der Waals surface area contributed by atoms with E-state index in [1.807, 2.05) is 0 Å². The zero-order chi connectivity index (χ0) is 12.8. The molecule has 1 atom stereocenters. The van der Waals surface area contributed by atoms with Gasteiger partial charge in [0.1, 0.15) is 0 Å². The molecular formula is C9H13F5OS. The Morgan fingerprint density at radius 1 is 1.31 bits per heavy atom. The lowest BCUT2D eigenvalue weighted by Crippen LogP contribution is -2.32. The first kappa shape index (κ1) is 15.7. The Labute approximate surface area is 94.8 Å². The second kappa shape index (κ2) is 7.09. The minimum absolute atomic E-state index is 0.118. The van der Waals surface area contributed by atoms with E-state index >= 15 is 0 Å². The van der Waals surface area contributed by atoms with Gasteiger partial charge in [0, 0.05) is 12.2 Å². The quantitative estimate of drug-likeness (QED) is 0.652. The summed E-state index contributed by atoms with van der Waals surface area (Å²) in [6.45, 7) is 1.59. The molecule has 0 rings (SSSR count). The number of carbonyl (C=O) groups is 1. The van der Waals surface area contributed by atoms with Crippen LogP contribution in [-0.2, 0) is 4.79 Å². The molecule has 0 saturated carbocycles. The Hall–Kier alpha value is -0.330. The topological polar surface area (TPSA) is 17.1 Å². The maximum Gasteiger partial charge on any atom is 0.284 e. The van der Waals surface area contributed by atoms with E-state index in [4.69, 9.17) is 0 Å². The molecule has 1 nitrogen and oxygen atoms in total. The Kier molecular flexibility index (Phi) is 6.94. The largest absolute Gasteiger partial charge is 0.287 e. The van der Waals surface area contributed by atoms with Crippen LogP contribution in [0.2, 0.25) is 0 Å². The molecule has 0 aromatic rings. The summed E-state index contributed by atoms with van der Waals surface area (Å²) in [7, 11) is 0. The lowest BCUT2D eigenvalue weighted by atomic mass is 10.1. The molecule has 0 aromatic heterocycles. The highest BCUT2D eigenvalue weighted by molar-refractivity contribution is 8.13. The Morgan fingerprint density at radius 3 is 2.31 bits per heavy atom. The highest BCUT2D eigenvalue weighted by atomic mass is 32.2. The van der Waals surface area contributed by atoms with Gasteiger partial charge in [0.25, 0.3) is 5.92 Å². The van der Waals surface area contributed by atoms with E-state index in [2.05, 4.69) is 0 Å². The highest BCUT2D eigenvalue weighted by Crippen LogP contribution is 2.31. The molecule has 96 valence electrons. The second-order valence-corrected chi connectivity index (χ2v) is 4.34. The van der Waals surface area contributed by atoms with Crippen molar-refractivity contribution in [2.45, 2.75) is 44.7 Å². The fourth-order valence-electron chi connectivity index (χ4n) is 0.923. The Bertz CT molecular complexity index is 222. The number of hydrogen-bond acceptors (Lipinski definition) is 2. The average Bonchev–Trinajstić information content (AvgIpc) is 2.15. The Morgan fingerprint density at radius 2 is 1.88 bits per heavy atom. The molecule has 0 bridgehead atoms. The van der Waals surface area contributed by atoms with E-state index in [0.717, 1.165) is 11.8 Å². The van der Waals surface area contributed by atoms with Gasteiger partial charge in [-0.05, 0) is 6.42 Å². The van der Waals surface area contributed by atoms with Crippen molar-refractivity contribution in [1.29, 1.82) is 0 Å². The van der Waals surface area contributed by atoms with Crippen molar-refractivity contribution in [3.05, 3.63) is 0 Å². The van der Waals surface area contributed by atoms with Crippen molar-refractivity contribution in [2.24, 2.45) is 0 Å². The summed E-state index contributed by atoms with van der Waals surface area (Å²) in [6.07, 6.45) is -8.01. The van der Waals surface area contributed by atoms with Crippen LogP contribution < -0.4 is 0 Å². The van der Waals surface area contributed by atoms with E-state index in [9.17, 15) is 26.7 Å². The molecule has 16 heavy (non-hydrogen) atoms. The molecule has 7 heteroatoms. The van der Waals surface area contributed by atoms with E-state index in [-0.39, 0.29) is 17.3 Å². The third-order valence-electron chi connectivity index (χ3n) is 1.81. The summed E-state index contributed by atoms with van der Waals surface area (Å²) < 4.78 is 61.7. The number of halogens is 5. The van der Waals surface area contributed by atoms with Crippen molar-refractivity contribution in [3.63, 3.8) is 0 Å². The second-order valence-electron chi connectivity index (χ2n) is 3.19. The monoisotopic (exact) mass is 264 g/mol. The van der Waals surface area contributed by atoms with Crippen molar-refractivity contribution in [3.8, 4) is 0 Å². The molecule has 0 spiro atoms. The molecule has 0 amide bonds. The van der Waals surface area contributed by atoms with E-state index in [1.165, 1.54) is 0 Å². The maximum atomic E-state index is 12.9. The molecule has 0 aliphatic rings. The van der Waals surface area contributed by atoms with E-state index in [0.29, 0.717) is 0 Å². The molecule has 0 saturated heterocycles. The zero-order valence-electron chi connectivity index (χ0n) is 8.69. The molecule has 0 aromatic carbocycles. The van der Waals surface area contributed by atoms with E-state index < -0.39 is 31.4 Å². The molecule has 0 aliphatic heterocycles. The van der Waals surface area contributed by atoms with Crippen LogP contribution in [0.4, 0.5) is 22.0 Å². The van der Waals surface area contributed by atoms with Crippen LogP contribution in [0.25, 0.3) is 0 Å². The Balaban J connectivity index is 3.95. The summed E-state index contributed by atoms with van der Waals surface area (Å²) in [5.41, 5.74) is 0.